The number of hydrogen-bond donors (Lipinski definition) is 3. The van der Waals surface area contributed by atoms with Gasteiger partial charge in [-0.25, -0.2) is 14.8 Å². The Balaban J connectivity index is 1.73. The fourth-order valence-corrected chi connectivity index (χ4v) is 4.87. The number of carbonyl (C=O) groups excluding carboxylic acids is 2. The van der Waals surface area contributed by atoms with Gasteiger partial charge in [0, 0.05) is 19.7 Å². The van der Waals surface area contributed by atoms with Crippen LogP contribution in [-0.4, -0.2) is 70.4 Å². The van der Waals surface area contributed by atoms with Crippen LogP contribution in [0.3, 0.4) is 0 Å². The maximum Gasteiger partial charge on any atom is 0.350 e. The van der Waals surface area contributed by atoms with Gasteiger partial charge in [0.05, 0.1) is 36.7 Å². The van der Waals surface area contributed by atoms with Crippen LogP contribution in [0.25, 0.3) is 0 Å². The van der Waals surface area contributed by atoms with E-state index in [0.717, 1.165) is 12.1 Å². The zero-order chi connectivity index (χ0) is 24.0. The van der Waals surface area contributed by atoms with Crippen molar-refractivity contribution in [1.29, 1.82) is 0 Å². The number of nitrogens with zero attached hydrogens (tertiary/aromatic N) is 3. The molecule has 1 amide bonds. The largest absolute Gasteiger partial charge is 0.462 e. The number of piperidine rings is 1. The van der Waals surface area contributed by atoms with E-state index in [1.165, 1.54) is 11.3 Å². The molecule has 1 fully saturated rings. The van der Waals surface area contributed by atoms with Crippen molar-refractivity contribution in [3.05, 3.63) is 27.2 Å². The van der Waals surface area contributed by atoms with Crippen molar-refractivity contribution in [3.8, 4) is 0 Å². The maximum atomic E-state index is 12.8. The number of carbonyl (C=O) groups is 2. The van der Waals surface area contributed by atoms with Crippen LogP contribution in [0.5, 0.6) is 0 Å². The van der Waals surface area contributed by atoms with Gasteiger partial charge >= 0.3 is 5.97 Å². The summed E-state index contributed by atoms with van der Waals surface area (Å²) < 4.78 is 11.1. The second-order valence-electron chi connectivity index (χ2n) is 7.58. The second kappa shape index (κ2) is 11.8. The molecule has 0 radical (unpaired) electrons. The fourth-order valence-electron chi connectivity index (χ4n) is 3.60. The van der Waals surface area contributed by atoms with Crippen LogP contribution >= 0.6 is 22.9 Å². The number of halogens is 1. The molecular weight excluding hydrogens is 470 g/mol. The highest BCUT2D eigenvalue weighted by molar-refractivity contribution is 7.17. The Morgan fingerprint density at radius 1 is 1.33 bits per heavy atom. The van der Waals surface area contributed by atoms with Crippen molar-refractivity contribution in [1.82, 2.24) is 20.3 Å². The van der Waals surface area contributed by atoms with Crippen molar-refractivity contribution >= 4 is 39.9 Å². The summed E-state index contributed by atoms with van der Waals surface area (Å²) in [5.74, 6) is -0.642. The quantitative estimate of drug-likeness (QED) is 0.425. The standard InChI is InChI=1S/C21H30ClN5O5S/c1-4-9-32-15-10-27(21-25-14(11-28)16(33-21)20(30)31-6-3)8-7-13(15)24-19(29)18-23-12(5-2)17(22)26-18/h13,15,28H,4-11H2,1-3H3,(H,23,26)(H,24,29)/t13-,15+/m0/s1. The second-order valence-corrected chi connectivity index (χ2v) is 8.92. The molecule has 2 atom stereocenters. The number of anilines is 1. The predicted molar refractivity (Wildman–Crippen MR) is 125 cm³/mol. The number of amides is 1. The first-order valence-electron chi connectivity index (χ1n) is 11.1. The summed E-state index contributed by atoms with van der Waals surface area (Å²) >= 11 is 7.27. The topological polar surface area (TPSA) is 130 Å². The zero-order valence-electron chi connectivity index (χ0n) is 19.0. The summed E-state index contributed by atoms with van der Waals surface area (Å²) in [7, 11) is 0. The van der Waals surface area contributed by atoms with Gasteiger partial charge in [0.2, 0.25) is 0 Å². The minimum absolute atomic E-state index is 0.181. The lowest BCUT2D eigenvalue weighted by Gasteiger charge is -2.38. The van der Waals surface area contributed by atoms with Crippen molar-refractivity contribution in [3.63, 3.8) is 0 Å². The monoisotopic (exact) mass is 499 g/mol. The Morgan fingerprint density at radius 3 is 2.76 bits per heavy atom. The van der Waals surface area contributed by atoms with Gasteiger partial charge < -0.3 is 29.8 Å². The fraction of sp³-hybridized carbons (Fsp3) is 0.619. The van der Waals surface area contributed by atoms with Gasteiger partial charge in [-0.3, -0.25) is 4.79 Å². The third-order valence-corrected chi connectivity index (χ3v) is 6.73. The number of aromatic amines is 1. The van der Waals surface area contributed by atoms with Crippen LogP contribution in [-0.2, 0) is 22.5 Å². The van der Waals surface area contributed by atoms with E-state index in [1.807, 2.05) is 18.7 Å². The van der Waals surface area contributed by atoms with E-state index in [1.54, 1.807) is 6.92 Å². The van der Waals surface area contributed by atoms with E-state index in [0.29, 0.717) is 53.4 Å². The number of ether oxygens (including phenoxy) is 2. The van der Waals surface area contributed by atoms with Gasteiger partial charge in [-0.05, 0) is 26.2 Å². The molecule has 0 aliphatic carbocycles. The SMILES string of the molecule is CCCO[C@@H]1CN(c2nc(CO)c(C(=O)OCC)s2)CC[C@@H]1NC(=O)c1nc(Cl)c(CC)[nH]1. The molecule has 0 spiro atoms. The molecule has 0 unspecified atom stereocenters. The minimum atomic E-state index is -0.491. The highest BCUT2D eigenvalue weighted by Gasteiger charge is 2.34. The number of esters is 1. The highest BCUT2D eigenvalue weighted by atomic mass is 35.5. The van der Waals surface area contributed by atoms with Crippen LogP contribution in [0.15, 0.2) is 0 Å². The van der Waals surface area contributed by atoms with Crippen LogP contribution in [0, 0.1) is 0 Å². The van der Waals surface area contributed by atoms with Crippen LogP contribution < -0.4 is 10.2 Å². The molecule has 33 heavy (non-hydrogen) atoms. The molecule has 3 heterocycles. The number of aromatic nitrogens is 3. The van der Waals surface area contributed by atoms with Gasteiger partial charge in [0.1, 0.15) is 4.88 Å². The summed E-state index contributed by atoms with van der Waals surface area (Å²) in [4.78, 5) is 38.8. The van der Waals surface area contributed by atoms with Crippen LogP contribution in [0.1, 0.15) is 65.3 Å². The zero-order valence-corrected chi connectivity index (χ0v) is 20.6. The molecule has 10 nitrogen and oxygen atoms in total. The lowest BCUT2D eigenvalue weighted by molar-refractivity contribution is 0.0204. The van der Waals surface area contributed by atoms with E-state index in [4.69, 9.17) is 21.1 Å². The number of rotatable bonds is 10. The number of aliphatic hydroxyl groups is 1. The summed E-state index contributed by atoms with van der Waals surface area (Å²) in [6.45, 7) is 7.19. The third kappa shape index (κ3) is 6.03. The molecule has 1 aliphatic heterocycles. The molecule has 12 heteroatoms. The van der Waals surface area contributed by atoms with Gasteiger partial charge in [0.25, 0.3) is 5.91 Å². The maximum absolute atomic E-state index is 12.8. The first-order valence-corrected chi connectivity index (χ1v) is 12.3. The van der Waals surface area contributed by atoms with E-state index >= 15 is 0 Å². The van der Waals surface area contributed by atoms with Gasteiger partial charge in [0.15, 0.2) is 16.1 Å². The number of H-pyrrole nitrogens is 1. The third-order valence-electron chi connectivity index (χ3n) is 5.28. The number of hydrogen-bond acceptors (Lipinski definition) is 9. The Hall–Kier alpha value is -2.21. The van der Waals surface area contributed by atoms with Crippen LogP contribution in [0.2, 0.25) is 5.15 Å². The smallest absolute Gasteiger partial charge is 0.350 e. The highest BCUT2D eigenvalue weighted by Crippen LogP contribution is 2.30. The van der Waals surface area contributed by atoms with E-state index in [9.17, 15) is 14.7 Å². The number of aliphatic hydroxyl groups excluding tert-OH is 1. The summed E-state index contributed by atoms with van der Waals surface area (Å²) in [5, 5.41) is 13.6. The lowest BCUT2D eigenvalue weighted by atomic mass is 10.0. The Morgan fingerprint density at radius 2 is 2.12 bits per heavy atom. The van der Waals surface area contributed by atoms with Gasteiger partial charge in [-0.2, -0.15) is 0 Å². The normalized spacial score (nSPS) is 18.4. The van der Waals surface area contributed by atoms with Crippen molar-refractivity contribution in [2.45, 2.75) is 58.8 Å². The molecule has 0 aromatic carbocycles. The number of nitrogens with one attached hydrogen (secondary N) is 2. The molecule has 3 rings (SSSR count). The summed E-state index contributed by atoms with van der Waals surface area (Å²) in [6, 6.07) is -0.226. The Bertz CT molecular complexity index is 965. The van der Waals surface area contributed by atoms with Gasteiger partial charge in [-0.15, -0.1) is 0 Å². The van der Waals surface area contributed by atoms with Gasteiger partial charge in [-0.1, -0.05) is 36.8 Å². The number of aryl methyl sites for hydroxylation is 1. The predicted octanol–water partition coefficient (Wildman–Crippen LogP) is 2.55. The molecule has 0 bridgehead atoms. The lowest BCUT2D eigenvalue weighted by Crippen LogP contribution is -2.55. The Labute approximate surface area is 201 Å². The summed E-state index contributed by atoms with van der Waals surface area (Å²) in [5.41, 5.74) is 1.02. The molecule has 3 N–H and O–H groups in total. The molecule has 0 saturated carbocycles. The van der Waals surface area contributed by atoms with Crippen molar-refractivity contribution in [2.24, 2.45) is 0 Å². The van der Waals surface area contributed by atoms with E-state index < -0.39 is 5.97 Å². The van der Waals surface area contributed by atoms with E-state index in [2.05, 4.69) is 20.3 Å². The van der Waals surface area contributed by atoms with Crippen LogP contribution in [0.4, 0.5) is 5.13 Å². The Kier molecular flexibility index (Phi) is 9.07. The summed E-state index contributed by atoms with van der Waals surface area (Å²) in [6.07, 6.45) is 1.81. The van der Waals surface area contributed by atoms with Crippen molar-refractivity contribution in [2.75, 3.05) is 31.2 Å². The molecule has 1 saturated heterocycles. The first kappa shape index (κ1) is 25.4. The average Bonchev–Trinajstić information content (AvgIpc) is 3.42. The van der Waals surface area contributed by atoms with E-state index in [-0.39, 0.29) is 37.1 Å². The van der Waals surface area contributed by atoms with Crippen molar-refractivity contribution < 1.29 is 24.2 Å². The number of imidazole rings is 1. The average molecular weight is 500 g/mol. The molecule has 2 aromatic rings. The number of thiazole rings is 1. The molecule has 2 aromatic heterocycles. The first-order chi connectivity index (χ1) is 15.9. The molecular formula is C21H30ClN5O5S. The molecule has 182 valence electrons. The molecule has 1 aliphatic rings. The minimum Gasteiger partial charge on any atom is -0.462 e.